The molecule has 4 amide bonds. The number of nitrogens with zero attached hydrogens (tertiary/aromatic N) is 6. The molecule has 0 radical (unpaired) electrons. The number of imidazole rings is 1. The summed E-state index contributed by atoms with van der Waals surface area (Å²) in [4.78, 5) is 73.0. The summed E-state index contributed by atoms with van der Waals surface area (Å²) in [6.45, 7) is 16.7. The van der Waals surface area contributed by atoms with Crippen molar-refractivity contribution in [2.45, 2.75) is 192 Å². The number of hydrogen-bond acceptors (Lipinski definition) is 15. The van der Waals surface area contributed by atoms with Crippen molar-refractivity contribution in [1.29, 1.82) is 5.86 Å². The Morgan fingerprint density at radius 3 is 1.57 bits per heavy atom. The van der Waals surface area contributed by atoms with Crippen molar-refractivity contribution >= 4 is 116 Å². The van der Waals surface area contributed by atoms with Crippen LogP contribution in [0.4, 0.5) is 50.3 Å². The number of thioether (sulfide) groups is 1. The van der Waals surface area contributed by atoms with E-state index in [0.717, 1.165) is 63.4 Å². The van der Waals surface area contributed by atoms with Crippen LogP contribution in [0.5, 0.6) is 0 Å². The van der Waals surface area contributed by atoms with E-state index in [2.05, 4.69) is 50.1 Å². The van der Waals surface area contributed by atoms with E-state index in [1.807, 2.05) is 14.7 Å². The van der Waals surface area contributed by atoms with E-state index in [9.17, 15) is 36.7 Å². The molecule has 512 valence electrons. The number of H-pyrrole nitrogens is 1. The minimum absolute atomic E-state index is 0.0373. The number of nitrogen functional groups attached to an aromatic ring is 2. The maximum atomic E-state index is 14.9. The number of aromatic nitrogens is 4. The first-order valence-electron chi connectivity index (χ1n) is 31.3. The third kappa shape index (κ3) is 22.5. The SMILES string of the molecule is CC(C)(C)OC(=O)NCc1cc(F)c(Cl)c(SC#N)c1Cl.CC1CCC(NC(=O)c2cc(N)c(N)nc2N2CCC(F)CC2)CC1.CC1CCC(NC(=O)c2cc3[nH]c(Cc4c(Cl)c(F)cc(CNC(=O)OC(C)(C)C)c4Cl)nc3nc2N2CCC(F)CC2)CC1.[2H][I-]C. The Kier molecular flexibility index (Phi) is 28.0. The van der Waals surface area contributed by atoms with Crippen LogP contribution < -0.4 is 64.9 Å². The number of piperidine rings is 2. The van der Waals surface area contributed by atoms with Gasteiger partial charge in [-0.15, -0.1) is 0 Å². The zero-order chi connectivity index (χ0) is 69.4. The molecule has 0 unspecified atom stereocenters. The van der Waals surface area contributed by atoms with Gasteiger partial charge in [-0.1, -0.05) is 60.3 Å². The van der Waals surface area contributed by atoms with Crippen LogP contribution in [0.3, 0.4) is 0 Å². The number of nitrogens with one attached hydrogen (secondary N) is 5. The third-order valence-corrected chi connectivity index (χ3v) is 18.5. The van der Waals surface area contributed by atoms with Crippen LogP contribution in [0, 0.1) is 34.1 Å². The summed E-state index contributed by atoms with van der Waals surface area (Å²) in [6, 6.07) is 5.88. The normalized spacial score (nSPS) is 18.9. The van der Waals surface area contributed by atoms with Gasteiger partial charge >= 0.3 is 40.1 Å². The fourth-order valence-electron chi connectivity index (χ4n) is 10.9. The van der Waals surface area contributed by atoms with Crippen LogP contribution in [-0.2, 0) is 29.0 Å². The standard InChI is InChI=1S/C32H40Cl2F2N6O3.C18H28FN5O.C13H13Cl2FN2O2S.CH4I/c1-17-5-7-20(8-6-17)38-30(43)22-14-24-28(41-29(22)42-11-9-19(35)10-12-42)40-25(39-24)15-21-26(33)18(13-23(36)27(21)34)16-37-31(44)45-32(2,3)4;1-11-2-4-13(5-3-11)22-18(25)14-10-15(20)16(21)23-17(14)24-8-6-12(19)7-9-24;1-13(2,3)20-12(19)18-5-7-4-8(16)10(15)11(9(7)14)21-6-17;1-2/h13-14,17,19-20H,5-12,15-16H2,1-4H3,(H,37,44)(H,38,43)(H,39,40,41);10-13H,2-9,20H2,1H3,(H2,21,23)(H,22,25);4H,5H2,1-3H3,(H,18,19);2H,1H3/q;;;-1/i;;;2D. The van der Waals surface area contributed by atoms with E-state index in [0.29, 0.717) is 126 Å². The molecule has 4 aliphatic rings. The number of halogens is 9. The van der Waals surface area contributed by atoms with Gasteiger partial charge in [-0.25, -0.2) is 42.1 Å². The number of thiocyanates is 1. The van der Waals surface area contributed by atoms with Crippen LogP contribution in [0.1, 0.15) is 176 Å². The maximum absolute atomic E-state index is 14.9. The number of nitriles is 1. The molecule has 2 saturated heterocycles. The van der Waals surface area contributed by atoms with Gasteiger partial charge in [0.2, 0.25) is 0 Å². The number of benzene rings is 2. The topological polar surface area (TPSA) is 272 Å². The molecule has 0 atom stereocenters. The molecule has 29 heteroatoms. The number of nitrogens with two attached hydrogens (primary N) is 2. The summed E-state index contributed by atoms with van der Waals surface area (Å²) < 4.78 is 72.7. The first-order chi connectivity index (χ1) is 44.3. The number of anilines is 4. The molecule has 3 aromatic heterocycles. The number of carbonyl (C=O) groups is 4. The van der Waals surface area contributed by atoms with Crippen LogP contribution in [-0.4, -0.2) is 111 Å². The Balaban J connectivity index is 0.000000241. The molecule has 4 fully saturated rings. The molecule has 19 nitrogen and oxygen atoms in total. The van der Waals surface area contributed by atoms with Gasteiger partial charge in [0.25, 0.3) is 11.8 Å². The summed E-state index contributed by atoms with van der Waals surface area (Å²) >= 11 is 25.3. The second-order valence-corrected chi connectivity index (χ2v) is 27.9. The summed E-state index contributed by atoms with van der Waals surface area (Å²) in [5, 5.41) is 21.8. The van der Waals surface area contributed by atoms with Crippen LogP contribution >= 0.6 is 58.2 Å². The number of pyridine rings is 2. The van der Waals surface area contributed by atoms with Gasteiger partial charge in [0.1, 0.15) is 63.9 Å². The number of aromatic amines is 1. The first-order valence-corrected chi connectivity index (χ1v) is 35.4. The molecule has 9 rings (SSSR count). The average molecular weight is 1510 g/mol. The predicted molar refractivity (Wildman–Crippen MR) is 358 cm³/mol. The molecule has 2 aliphatic heterocycles. The number of alkyl halides is 3. The summed E-state index contributed by atoms with van der Waals surface area (Å²) in [5.41, 5.74) is 13.3. The van der Waals surface area contributed by atoms with Crippen molar-refractivity contribution in [1.82, 2.24) is 41.2 Å². The number of amides is 4. The van der Waals surface area contributed by atoms with Gasteiger partial charge < -0.3 is 57.0 Å². The van der Waals surface area contributed by atoms with Crippen LogP contribution in [0.15, 0.2) is 29.2 Å². The number of hydrogen-bond donors (Lipinski definition) is 7. The molecular formula is C64H85Cl4F4IN13O6S-. The number of alkyl carbamates (subject to hydrolysis) is 2. The number of ether oxygens (including phenoxy) is 2. The first kappa shape index (κ1) is 74.7. The molecule has 5 heterocycles. The molecule has 0 bridgehead atoms. The molecule has 2 aliphatic carbocycles. The fraction of sp³-hybridized carbons (Fsp3) is 0.562. The van der Waals surface area contributed by atoms with E-state index in [1.54, 1.807) is 59.1 Å². The molecule has 0 spiro atoms. The Morgan fingerprint density at radius 2 is 1.12 bits per heavy atom. The number of rotatable bonds is 13. The zero-order valence-electron chi connectivity index (χ0n) is 54.8. The molecular weight excluding hydrogens is 1420 g/mol. The average Bonchev–Trinajstić information content (AvgIpc) is 1.50. The summed E-state index contributed by atoms with van der Waals surface area (Å²) in [7, 11) is 0. The van der Waals surface area contributed by atoms with Gasteiger partial charge in [0.15, 0.2) is 5.65 Å². The van der Waals surface area contributed by atoms with Gasteiger partial charge in [-0.3, -0.25) is 9.59 Å². The van der Waals surface area contributed by atoms with Gasteiger partial charge in [0.05, 0.1) is 47.3 Å². The quantitative estimate of drug-likeness (QED) is 0.0144. The van der Waals surface area contributed by atoms with Crippen molar-refractivity contribution in [2.75, 3.05) is 52.4 Å². The van der Waals surface area contributed by atoms with E-state index in [-0.39, 0.29) is 102 Å². The predicted octanol–water partition coefficient (Wildman–Crippen LogP) is 11.4. The summed E-state index contributed by atoms with van der Waals surface area (Å²) in [6.07, 6.45) is 6.85. The van der Waals surface area contributed by atoms with Gasteiger partial charge in [-0.05, 0) is 178 Å². The molecule has 9 N–H and O–H groups in total. The Hall–Kier alpha value is -5.66. The number of carbonyl (C=O) groups excluding carboxylic acids is 4. The van der Waals surface area contributed by atoms with Crippen molar-refractivity contribution in [2.24, 2.45) is 11.8 Å². The zero-order valence-corrected chi connectivity index (χ0v) is 59.8. The van der Waals surface area contributed by atoms with Gasteiger partial charge in [0, 0.05) is 63.3 Å². The Labute approximate surface area is 579 Å². The number of fused-ring (bicyclic) bond motifs is 1. The third-order valence-electron chi connectivity index (χ3n) is 15.9. The van der Waals surface area contributed by atoms with Crippen molar-refractivity contribution < 1.29 is 68.6 Å². The van der Waals surface area contributed by atoms with Crippen molar-refractivity contribution in [3.8, 4) is 5.40 Å². The Bertz CT molecular complexity index is 3480. The molecule has 2 aromatic carbocycles. The summed E-state index contributed by atoms with van der Waals surface area (Å²) in [5.74, 6) is 1.17. The van der Waals surface area contributed by atoms with E-state index in [4.69, 9.17) is 78.2 Å². The fourth-order valence-corrected chi connectivity index (χ4v) is 12.6. The van der Waals surface area contributed by atoms with Gasteiger partial charge in [-0.2, -0.15) is 5.26 Å². The van der Waals surface area contributed by atoms with E-state index in [1.165, 1.54) is 6.07 Å². The second kappa shape index (κ2) is 34.8. The van der Waals surface area contributed by atoms with E-state index >= 15 is 0 Å². The Morgan fingerprint density at radius 1 is 0.688 bits per heavy atom. The second-order valence-electron chi connectivity index (χ2n) is 25.6. The van der Waals surface area contributed by atoms with Crippen molar-refractivity contribution in [3.05, 3.63) is 89.6 Å². The van der Waals surface area contributed by atoms with Crippen LogP contribution in [0.2, 0.25) is 20.1 Å². The van der Waals surface area contributed by atoms with Crippen molar-refractivity contribution in [3.63, 3.8) is 0 Å². The minimum atomic E-state index is -0.881. The monoisotopic (exact) mass is 1510 g/mol. The molecule has 5 aromatic rings. The van der Waals surface area contributed by atoms with Crippen LogP contribution in [0.25, 0.3) is 11.2 Å². The van der Waals surface area contributed by atoms with E-state index < -0.39 is 47.4 Å². The molecule has 2 saturated carbocycles. The molecule has 93 heavy (non-hydrogen) atoms.